The van der Waals surface area contributed by atoms with Gasteiger partial charge in [0.15, 0.2) is 5.78 Å². The molecule has 0 aromatic heterocycles. The van der Waals surface area contributed by atoms with Crippen LogP contribution in [0.15, 0.2) is 12.2 Å². The molecule has 0 aliphatic heterocycles. The number of carboxylic acid groups (broad SMARTS) is 1. The molecule has 17 heavy (non-hydrogen) atoms. The summed E-state index contributed by atoms with van der Waals surface area (Å²) in [5.41, 5.74) is 0. The minimum absolute atomic E-state index is 0.193. The van der Waals surface area contributed by atoms with Crippen LogP contribution in [0, 0.1) is 11.8 Å². The lowest BCUT2D eigenvalue weighted by Gasteiger charge is -2.15. The van der Waals surface area contributed by atoms with Gasteiger partial charge in [0.1, 0.15) is 0 Å². The maximum absolute atomic E-state index is 11.5. The number of methoxy groups -OCH3 is 1. The van der Waals surface area contributed by atoms with E-state index in [9.17, 15) is 14.4 Å². The van der Waals surface area contributed by atoms with Gasteiger partial charge in [0.05, 0.1) is 18.3 Å². The number of ketones is 1. The Labute approximate surface area is 103 Å². The molecular weight excluding hydrogens is 244 g/mol. The number of carbonyl (C=O) groups is 3. The summed E-state index contributed by atoms with van der Waals surface area (Å²) >= 11 is 1.23. The Morgan fingerprint density at radius 2 is 2.24 bits per heavy atom. The Morgan fingerprint density at radius 3 is 2.76 bits per heavy atom. The lowest BCUT2D eigenvalue weighted by Crippen LogP contribution is -2.26. The maximum Gasteiger partial charge on any atom is 0.318 e. The molecule has 3 atom stereocenters. The Bertz CT molecular complexity index is 363. The first-order valence-electron chi connectivity index (χ1n) is 5.11. The predicted octanol–water partition coefficient (Wildman–Crippen LogP) is 0.737. The second-order valence-electron chi connectivity index (χ2n) is 3.73. The lowest BCUT2D eigenvalue weighted by molar-refractivity contribution is -0.142. The van der Waals surface area contributed by atoms with Gasteiger partial charge in [0.25, 0.3) is 0 Å². The molecule has 0 saturated heterocycles. The van der Waals surface area contributed by atoms with Crippen molar-refractivity contribution in [2.45, 2.75) is 12.2 Å². The number of hydrogen-bond acceptors (Lipinski definition) is 5. The molecule has 0 aromatic rings. The molecule has 0 aromatic carbocycles. The van der Waals surface area contributed by atoms with Crippen LogP contribution in [0.1, 0.15) is 6.92 Å². The number of hydrogen-bond donors (Lipinski definition) is 1. The van der Waals surface area contributed by atoms with Gasteiger partial charge in [0, 0.05) is 11.7 Å². The van der Waals surface area contributed by atoms with Gasteiger partial charge in [-0.15, -0.1) is 11.8 Å². The van der Waals surface area contributed by atoms with Crippen molar-refractivity contribution in [3.8, 4) is 0 Å². The standard InChI is InChI=1S/C11H14O5S/c1-6(11(15)16-2)17-5-8-7(10(13)14)3-4-9(8)12/h3-4,6-8H,5H2,1-2H3,(H,13,14). The van der Waals surface area contributed by atoms with Gasteiger partial charge in [-0.3, -0.25) is 14.4 Å². The zero-order chi connectivity index (χ0) is 13.0. The molecular formula is C11H14O5S. The number of aliphatic carboxylic acids is 1. The van der Waals surface area contributed by atoms with Crippen LogP contribution in [0.5, 0.6) is 0 Å². The average Bonchev–Trinajstić information content (AvgIpc) is 2.66. The van der Waals surface area contributed by atoms with Crippen LogP contribution in [0.25, 0.3) is 0 Å². The number of carboxylic acids is 1. The Morgan fingerprint density at radius 1 is 1.59 bits per heavy atom. The monoisotopic (exact) mass is 258 g/mol. The molecule has 0 fully saturated rings. The minimum atomic E-state index is -1.01. The molecule has 5 nitrogen and oxygen atoms in total. The van der Waals surface area contributed by atoms with Crippen LogP contribution in [0.3, 0.4) is 0 Å². The van der Waals surface area contributed by atoms with E-state index in [0.29, 0.717) is 5.75 Å². The van der Waals surface area contributed by atoms with Crippen molar-refractivity contribution in [1.82, 2.24) is 0 Å². The molecule has 0 amide bonds. The number of allylic oxidation sites excluding steroid dienone is 1. The number of ether oxygens (including phenoxy) is 1. The van der Waals surface area contributed by atoms with Crippen LogP contribution in [-0.4, -0.2) is 40.9 Å². The van der Waals surface area contributed by atoms with E-state index in [1.54, 1.807) is 6.92 Å². The fourth-order valence-corrected chi connectivity index (χ4v) is 2.66. The van der Waals surface area contributed by atoms with Gasteiger partial charge in [-0.05, 0) is 13.0 Å². The molecule has 0 saturated carbocycles. The smallest absolute Gasteiger partial charge is 0.318 e. The fourth-order valence-electron chi connectivity index (χ4n) is 1.56. The fraction of sp³-hybridized carbons (Fsp3) is 0.545. The first kappa shape index (κ1) is 13.8. The van der Waals surface area contributed by atoms with Crippen molar-refractivity contribution < 1.29 is 24.2 Å². The van der Waals surface area contributed by atoms with E-state index >= 15 is 0 Å². The van der Waals surface area contributed by atoms with E-state index in [-0.39, 0.29) is 11.8 Å². The molecule has 1 rings (SSSR count). The van der Waals surface area contributed by atoms with Gasteiger partial charge in [0.2, 0.25) is 0 Å². The van der Waals surface area contributed by atoms with Crippen molar-refractivity contribution in [2.24, 2.45) is 11.8 Å². The highest BCUT2D eigenvalue weighted by Gasteiger charge is 2.35. The topological polar surface area (TPSA) is 80.7 Å². The van der Waals surface area contributed by atoms with E-state index in [1.807, 2.05) is 0 Å². The highest BCUT2D eigenvalue weighted by atomic mass is 32.2. The molecule has 6 heteroatoms. The summed E-state index contributed by atoms with van der Waals surface area (Å²) < 4.78 is 4.55. The van der Waals surface area contributed by atoms with Crippen LogP contribution in [-0.2, 0) is 19.1 Å². The normalized spacial score (nSPS) is 24.7. The third-order valence-corrected chi connectivity index (χ3v) is 3.85. The molecule has 94 valence electrons. The van der Waals surface area contributed by atoms with E-state index in [4.69, 9.17) is 5.11 Å². The SMILES string of the molecule is COC(=O)C(C)SCC1C(=O)C=CC1C(=O)O. The molecule has 0 heterocycles. The minimum Gasteiger partial charge on any atom is -0.481 e. The zero-order valence-corrected chi connectivity index (χ0v) is 10.4. The van der Waals surface area contributed by atoms with Crippen molar-refractivity contribution in [1.29, 1.82) is 0 Å². The summed E-state index contributed by atoms with van der Waals surface area (Å²) in [5.74, 6) is -2.63. The average molecular weight is 258 g/mol. The molecule has 0 radical (unpaired) electrons. The lowest BCUT2D eigenvalue weighted by atomic mass is 9.97. The van der Waals surface area contributed by atoms with Crippen LogP contribution < -0.4 is 0 Å². The van der Waals surface area contributed by atoms with Crippen LogP contribution in [0.2, 0.25) is 0 Å². The highest BCUT2D eigenvalue weighted by Crippen LogP contribution is 2.28. The van der Waals surface area contributed by atoms with E-state index in [0.717, 1.165) is 0 Å². The summed E-state index contributed by atoms with van der Waals surface area (Å²) in [6, 6.07) is 0. The quantitative estimate of drug-likeness (QED) is 0.732. The summed E-state index contributed by atoms with van der Waals surface area (Å²) in [6.45, 7) is 1.67. The van der Waals surface area contributed by atoms with E-state index in [1.165, 1.54) is 31.0 Å². The van der Waals surface area contributed by atoms with Crippen molar-refractivity contribution in [2.75, 3.05) is 12.9 Å². The van der Waals surface area contributed by atoms with Crippen LogP contribution >= 0.6 is 11.8 Å². The van der Waals surface area contributed by atoms with Gasteiger partial charge < -0.3 is 9.84 Å². The number of carbonyl (C=O) groups excluding carboxylic acids is 2. The van der Waals surface area contributed by atoms with E-state index < -0.39 is 23.1 Å². The molecule has 1 N–H and O–H groups in total. The zero-order valence-electron chi connectivity index (χ0n) is 9.58. The summed E-state index contributed by atoms with van der Waals surface area (Å²) in [5, 5.41) is 8.52. The first-order valence-corrected chi connectivity index (χ1v) is 6.16. The Kier molecular flexibility index (Phi) is 4.74. The Balaban J connectivity index is 2.53. The van der Waals surface area contributed by atoms with E-state index in [2.05, 4.69) is 4.74 Å². The molecule has 0 bridgehead atoms. The number of rotatable bonds is 5. The van der Waals surface area contributed by atoms with Gasteiger partial charge in [-0.2, -0.15) is 0 Å². The maximum atomic E-state index is 11.5. The number of esters is 1. The molecule has 1 aliphatic rings. The summed E-state index contributed by atoms with van der Waals surface area (Å²) in [4.78, 5) is 33.5. The third-order valence-electron chi connectivity index (χ3n) is 2.61. The molecule has 3 unspecified atom stereocenters. The van der Waals surface area contributed by atoms with Crippen molar-refractivity contribution in [3.05, 3.63) is 12.2 Å². The molecule has 0 spiro atoms. The highest BCUT2D eigenvalue weighted by molar-refractivity contribution is 8.00. The van der Waals surface area contributed by atoms with Crippen molar-refractivity contribution in [3.63, 3.8) is 0 Å². The van der Waals surface area contributed by atoms with Crippen LogP contribution in [0.4, 0.5) is 0 Å². The largest absolute Gasteiger partial charge is 0.481 e. The van der Waals surface area contributed by atoms with Crippen molar-refractivity contribution >= 4 is 29.5 Å². The number of thioether (sulfide) groups is 1. The van der Waals surface area contributed by atoms with Gasteiger partial charge >= 0.3 is 11.9 Å². The molecule has 1 aliphatic carbocycles. The third kappa shape index (κ3) is 3.33. The van der Waals surface area contributed by atoms with Gasteiger partial charge in [-0.25, -0.2) is 0 Å². The summed E-state index contributed by atoms with van der Waals surface area (Å²) in [7, 11) is 1.29. The van der Waals surface area contributed by atoms with Gasteiger partial charge in [-0.1, -0.05) is 6.08 Å². The summed E-state index contributed by atoms with van der Waals surface area (Å²) in [6.07, 6.45) is 2.70. The first-order chi connectivity index (χ1) is 7.97. The Hall–Kier alpha value is -1.30. The second-order valence-corrected chi connectivity index (χ2v) is 5.10. The second kappa shape index (κ2) is 5.86. The predicted molar refractivity (Wildman–Crippen MR) is 62.7 cm³/mol.